The van der Waals surface area contributed by atoms with E-state index in [4.69, 9.17) is 9.47 Å². The highest BCUT2D eigenvalue weighted by atomic mass is 16.6. The van der Waals surface area contributed by atoms with Gasteiger partial charge in [0.25, 0.3) is 0 Å². The third-order valence-electron chi connectivity index (χ3n) is 8.74. The number of esters is 1. The molecule has 4 unspecified atom stereocenters. The van der Waals surface area contributed by atoms with Crippen LogP contribution in [0.3, 0.4) is 0 Å². The highest BCUT2D eigenvalue weighted by Gasteiger charge is 2.64. The van der Waals surface area contributed by atoms with Gasteiger partial charge in [0.1, 0.15) is 11.6 Å². The third-order valence-corrected chi connectivity index (χ3v) is 8.74. The largest absolute Gasteiger partial charge is 0.480 e. The van der Waals surface area contributed by atoms with E-state index < -0.39 is 34.5 Å². The highest BCUT2D eigenvalue weighted by molar-refractivity contribution is 5.89. The molecule has 36 heavy (non-hydrogen) atoms. The summed E-state index contributed by atoms with van der Waals surface area (Å²) in [6.07, 6.45) is 3.99. The summed E-state index contributed by atoms with van der Waals surface area (Å²) >= 11 is 0. The molecule has 0 aromatic rings. The average Bonchev–Trinajstić information content (AvgIpc) is 2.79. The van der Waals surface area contributed by atoms with Crippen LogP contribution in [-0.2, 0) is 23.9 Å². The fourth-order valence-corrected chi connectivity index (χ4v) is 7.52. The van der Waals surface area contributed by atoms with Crippen molar-refractivity contribution >= 4 is 23.9 Å². The molecule has 5 rings (SSSR count). The molecule has 1 saturated heterocycles. The molecule has 10 nitrogen and oxygen atoms in total. The first-order valence-electron chi connectivity index (χ1n) is 13.1. The van der Waals surface area contributed by atoms with Crippen molar-refractivity contribution in [3.63, 3.8) is 0 Å². The Morgan fingerprint density at radius 3 is 2.03 bits per heavy atom. The summed E-state index contributed by atoms with van der Waals surface area (Å²) in [6.45, 7) is 9.09. The molecule has 5 aliphatic rings. The van der Waals surface area contributed by atoms with Gasteiger partial charge in [0.05, 0.1) is 17.9 Å². The Hall–Kier alpha value is -2.36. The van der Waals surface area contributed by atoms with Gasteiger partial charge in [0, 0.05) is 32.2 Å². The van der Waals surface area contributed by atoms with E-state index in [0.29, 0.717) is 45.4 Å². The predicted molar refractivity (Wildman–Crippen MR) is 130 cm³/mol. The van der Waals surface area contributed by atoms with Gasteiger partial charge in [0.2, 0.25) is 5.91 Å². The van der Waals surface area contributed by atoms with Gasteiger partial charge in [-0.2, -0.15) is 0 Å². The Morgan fingerprint density at radius 1 is 0.972 bits per heavy atom. The van der Waals surface area contributed by atoms with E-state index in [9.17, 15) is 24.3 Å². The second kappa shape index (κ2) is 9.50. The van der Waals surface area contributed by atoms with Gasteiger partial charge in [-0.3, -0.25) is 14.5 Å². The third kappa shape index (κ3) is 5.06. The molecule has 0 aromatic carbocycles. The Morgan fingerprint density at radius 2 is 1.53 bits per heavy atom. The number of carbonyl (C=O) groups is 4. The van der Waals surface area contributed by atoms with Crippen molar-refractivity contribution in [3.05, 3.63) is 0 Å². The number of methoxy groups -OCH3 is 1. The maximum absolute atomic E-state index is 13.7. The summed E-state index contributed by atoms with van der Waals surface area (Å²) < 4.78 is 10.6. The van der Waals surface area contributed by atoms with Crippen LogP contribution in [0.15, 0.2) is 0 Å². The molecule has 0 aromatic heterocycles. The number of carbonyl (C=O) groups excluding carboxylic acids is 3. The first-order chi connectivity index (χ1) is 16.8. The second-order valence-corrected chi connectivity index (χ2v) is 12.5. The van der Waals surface area contributed by atoms with Gasteiger partial charge in [-0.05, 0) is 78.1 Å². The number of amides is 2. The number of nitrogens with zero attached hydrogens (tertiary/aromatic N) is 2. The van der Waals surface area contributed by atoms with Crippen molar-refractivity contribution < 1.29 is 33.8 Å². The molecular weight excluding hydrogens is 466 g/mol. The lowest BCUT2D eigenvalue weighted by atomic mass is 9.44. The van der Waals surface area contributed by atoms with Crippen molar-refractivity contribution in [3.8, 4) is 0 Å². The molecule has 10 heteroatoms. The standard InChI is InChI=1S/C26H41N3O7/c1-16(28-6-8-29(9-7-28)23(34)36-24(2,3)4)19(20(30)31)27-21(32)25-11-17-10-18(12-25)14-26(13-17,15-25)22(33)35-5/h16-19H,6-15H2,1-5H3,(H,27,32)(H,30,31). The molecule has 5 fully saturated rings. The first kappa shape index (κ1) is 26.7. The quantitative estimate of drug-likeness (QED) is 0.525. The Labute approximate surface area is 213 Å². The van der Waals surface area contributed by atoms with Crippen molar-refractivity contribution in [1.82, 2.24) is 15.1 Å². The highest BCUT2D eigenvalue weighted by Crippen LogP contribution is 2.65. The molecule has 1 heterocycles. The zero-order valence-corrected chi connectivity index (χ0v) is 22.2. The van der Waals surface area contributed by atoms with Crippen LogP contribution in [0.4, 0.5) is 4.79 Å². The maximum Gasteiger partial charge on any atom is 0.410 e. The van der Waals surface area contributed by atoms with Gasteiger partial charge in [-0.25, -0.2) is 9.59 Å². The summed E-state index contributed by atoms with van der Waals surface area (Å²) in [5, 5.41) is 12.9. The van der Waals surface area contributed by atoms with E-state index >= 15 is 0 Å². The summed E-state index contributed by atoms with van der Waals surface area (Å²) in [6, 6.07) is -1.55. The number of nitrogens with one attached hydrogen (secondary N) is 1. The van der Waals surface area contributed by atoms with Gasteiger partial charge in [-0.15, -0.1) is 0 Å². The Kier molecular flexibility index (Phi) is 7.05. The number of ether oxygens (including phenoxy) is 2. The lowest BCUT2D eigenvalue weighted by Gasteiger charge is -2.60. The fourth-order valence-electron chi connectivity index (χ4n) is 7.52. The monoisotopic (exact) mass is 507 g/mol. The molecule has 2 N–H and O–H groups in total. The first-order valence-corrected chi connectivity index (χ1v) is 13.1. The van der Waals surface area contributed by atoms with Gasteiger partial charge in [-0.1, -0.05) is 0 Å². The van der Waals surface area contributed by atoms with Crippen LogP contribution >= 0.6 is 0 Å². The van der Waals surface area contributed by atoms with Crippen LogP contribution in [0.25, 0.3) is 0 Å². The van der Waals surface area contributed by atoms with E-state index in [1.165, 1.54) is 7.11 Å². The lowest BCUT2D eigenvalue weighted by molar-refractivity contribution is -0.182. The van der Waals surface area contributed by atoms with Crippen molar-refractivity contribution in [1.29, 1.82) is 0 Å². The molecule has 0 spiro atoms. The van der Waals surface area contributed by atoms with Crippen molar-refractivity contribution in [2.45, 2.75) is 83.9 Å². The van der Waals surface area contributed by atoms with E-state index in [1.54, 1.807) is 11.8 Å². The molecule has 0 radical (unpaired) electrons. The summed E-state index contributed by atoms with van der Waals surface area (Å²) in [5.41, 5.74) is -1.93. The number of rotatable bonds is 6. The molecule has 4 saturated carbocycles. The number of piperazine rings is 1. The van der Waals surface area contributed by atoms with Crippen LogP contribution in [0.5, 0.6) is 0 Å². The smallest absolute Gasteiger partial charge is 0.410 e. The van der Waals surface area contributed by atoms with Gasteiger partial charge < -0.3 is 24.8 Å². The van der Waals surface area contributed by atoms with E-state index in [0.717, 1.165) is 19.3 Å². The molecule has 4 atom stereocenters. The number of hydrogen-bond acceptors (Lipinski definition) is 7. The van der Waals surface area contributed by atoms with Crippen LogP contribution in [0.2, 0.25) is 0 Å². The molecule has 1 aliphatic heterocycles. The summed E-state index contributed by atoms with van der Waals surface area (Å²) in [4.78, 5) is 54.7. The number of carboxylic acids is 1. The molecule has 4 aliphatic carbocycles. The van der Waals surface area contributed by atoms with E-state index in [2.05, 4.69) is 5.32 Å². The Bertz CT molecular complexity index is 892. The number of aliphatic carboxylic acids is 1. The van der Waals surface area contributed by atoms with Gasteiger partial charge >= 0.3 is 18.0 Å². The number of hydrogen-bond donors (Lipinski definition) is 2. The van der Waals surface area contributed by atoms with Crippen molar-refractivity contribution in [2.24, 2.45) is 22.7 Å². The van der Waals surface area contributed by atoms with E-state index in [1.807, 2.05) is 25.7 Å². The van der Waals surface area contributed by atoms with Crippen molar-refractivity contribution in [2.75, 3.05) is 33.3 Å². The molecule has 202 valence electrons. The van der Waals surface area contributed by atoms with Crippen LogP contribution in [-0.4, -0.2) is 89.8 Å². The molecule has 2 amide bonds. The fraction of sp³-hybridized carbons (Fsp3) is 0.846. The van der Waals surface area contributed by atoms with Gasteiger partial charge in [0.15, 0.2) is 0 Å². The minimum absolute atomic E-state index is 0.236. The normalized spacial score (nSPS) is 33.5. The Balaban J connectivity index is 1.42. The zero-order chi connectivity index (χ0) is 26.5. The number of carboxylic acid groups (broad SMARTS) is 1. The predicted octanol–water partition coefficient (Wildman–Crippen LogP) is 2.26. The van der Waals surface area contributed by atoms with Crippen LogP contribution in [0.1, 0.15) is 66.2 Å². The maximum atomic E-state index is 13.7. The second-order valence-electron chi connectivity index (χ2n) is 12.5. The molecule has 4 bridgehead atoms. The summed E-state index contributed by atoms with van der Waals surface area (Å²) in [7, 11) is 1.40. The van der Waals surface area contributed by atoms with Crippen LogP contribution in [0, 0.1) is 22.7 Å². The van der Waals surface area contributed by atoms with Crippen LogP contribution < -0.4 is 5.32 Å². The minimum Gasteiger partial charge on any atom is -0.480 e. The lowest BCUT2D eigenvalue weighted by Crippen LogP contribution is -2.64. The minimum atomic E-state index is -1.09. The topological polar surface area (TPSA) is 125 Å². The van der Waals surface area contributed by atoms with E-state index in [-0.39, 0.29) is 29.8 Å². The summed E-state index contributed by atoms with van der Waals surface area (Å²) in [5.74, 6) is -0.996. The SMILES string of the molecule is COC(=O)C12CC3CC(CC(C(=O)NC(C(=O)O)C(C)N4CCN(C(=O)OC(C)(C)C)CC4)(C3)C1)C2. The zero-order valence-electron chi connectivity index (χ0n) is 22.2. The average molecular weight is 508 g/mol. The molecular formula is C26H41N3O7.